The fourth-order valence-corrected chi connectivity index (χ4v) is 3.44. The second-order valence-corrected chi connectivity index (χ2v) is 6.77. The van der Waals surface area contributed by atoms with Gasteiger partial charge < -0.3 is 5.32 Å². The molecule has 18 heavy (non-hydrogen) atoms. The van der Waals surface area contributed by atoms with E-state index in [0.717, 1.165) is 28.3 Å². The zero-order valence-corrected chi connectivity index (χ0v) is 13.2. The number of benzene rings is 1. The maximum absolute atomic E-state index is 4.07. The highest BCUT2D eigenvalue weighted by Gasteiger charge is 2.07. The van der Waals surface area contributed by atoms with Crippen molar-refractivity contribution < 1.29 is 0 Å². The van der Waals surface area contributed by atoms with Gasteiger partial charge in [-0.25, -0.2) is 0 Å². The molecule has 0 saturated heterocycles. The number of hydrogen-bond donors (Lipinski definition) is 1. The molecule has 1 aromatic carbocycles. The van der Waals surface area contributed by atoms with Gasteiger partial charge in [0.1, 0.15) is 5.51 Å². The summed E-state index contributed by atoms with van der Waals surface area (Å²) in [5, 5.41) is 11.4. The Balaban J connectivity index is 2.12. The first-order valence-electron chi connectivity index (χ1n) is 5.72. The lowest BCUT2D eigenvalue weighted by molar-refractivity contribution is 0.669. The average Bonchev–Trinajstić information content (AvgIpc) is 2.86. The zero-order chi connectivity index (χ0) is 12.8. The summed E-state index contributed by atoms with van der Waals surface area (Å²) in [5.41, 5.74) is 3.05. The van der Waals surface area contributed by atoms with Crippen LogP contribution in [0.4, 0.5) is 0 Å². The van der Waals surface area contributed by atoms with Crippen LogP contribution in [-0.2, 0) is 6.54 Å². The van der Waals surface area contributed by atoms with E-state index in [1.807, 2.05) is 0 Å². The monoisotopic (exact) mass is 343 g/mol. The van der Waals surface area contributed by atoms with Crippen LogP contribution >= 0.6 is 39.0 Å². The lowest BCUT2D eigenvalue weighted by atomic mass is 10.2. The standard InChI is InChI=1S/C12H14BrN3S2/c1-2-5-14-7-9-6-10(13)3-4-11(9)18-12-16-15-8-17-12/h3-4,6,8,14H,2,5,7H2,1H3. The molecule has 0 aliphatic rings. The van der Waals surface area contributed by atoms with Gasteiger partial charge in [0.15, 0.2) is 4.34 Å². The van der Waals surface area contributed by atoms with E-state index in [9.17, 15) is 0 Å². The summed E-state index contributed by atoms with van der Waals surface area (Å²) in [7, 11) is 0. The van der Waals surface area contributed by atoms with Crippen LogP contribution in [0.25, 0.3) is 0 Å². The highest BCUT2D eigenvalue weighted by molar-refractivity contribution is 9.10. The summed E-state index contributed by atoms with van der Waals surface area (Å²) in [6.07, 6.45) is 1.15. The normalized spacial score (nSPS) is 10.8. The van der Waals surface area contributed by atoms with Crippen LogP contribution in [0, 0.1) is 0 Å². The first-order chi connectivity index (χ1) is 8.79. The van der Waals surface area contributed by atoms with E-state index in [4.69, 9.17) is 0 Å². The van der Waals surface area contributed by atoms with Crippen molar-refractivity contribution in [1.29, 1.82) is 0 Å². The predicted octanol–water partition coefficient (Wildman–Crippen LogP) is 3.95. The fourth-order valence-electron chi connectivity index (χ4n) is 1.49. The van der Waals surface area contributed by atoms with E-state index in [0.29, 0.717) is 0 Å². The minimum absolute atomic E-state index is 0.883. The summed E-state index contributed by atoms with van der Waals surface area (Å²) in [4.78, 5) is 1.23. The van der Waals surface area contributed by atoms with Gasteiger partial charge in [0.05, 0.1) is 0 Å². The van der Waals surface area contributed by atoms with Gasteiger partial charge in [0, 0.05) is 15.9 Å². The van der Waals surface area contributed by atoms with Crippen LogP contribution in [0.15, 0.2) is 37.4 Å². The molecule has 0 radical (unpaired) electrons. The van der Waals surface area contributed by atoms with E-state index in [2.05, 4.69) is 56.6 Å². The van der Waals surface area contributed by atoms with E-state index in [1.165, 1.54) is 10.5 Å². The number of hydrogen-bond acceptors (Lipinski definition) is 5. The van der Waals surface area contributed by atoms with Crippen LogP contribution in [0.2, 0.25) is 0 Å². The molecule has 1 N–H and O–H groups in total. The molecule has 6 heteroatoms. The number of rotatable bonds is 6. The predicted molar refractivity (Wildman–Crippen MR) is 80.2 cm³/mol. The van der Waals surface area contributed by atoms with Crippen molar-refractivity contribution in [3.63, 3.8) is 0 Å². The Hall–Kier alpha value is -0.430. The SMILES string of the molecule is CCCNCc1cc(Br)ccc1Sc1nncs1. The Morgan fingerprint density at radius 2 is 2.33 bits per heavy atom. The topological polar surface area (TPSA) is 37.8 Å². The molecule has 0 amide bonds. The second-order valence-electron chi connectivity index (χ2n) is 3.74. The molecule has 96 valence electrons. The van der Waals surface area contributed by atoms with Crippen LogP contribution in [0.3, 0.4) is 0 Å². The van der Waals surface area contributed by atoms with E-state index in [1.54, 1.807) is 28.6 Å². The second kappa shape index (κ2) is 7.23. The largest absolute Gasteiger partial charge is 0.313 e. The van der Waals surface area contributed by atoms with Crippen molar-refractivity contribution in [3.05, 3.63) is 33.7 Å². The first kappa shape index (κ1) is 14.0. The number of nitrogens with zero attached hydrogens (tertiary/aromatic N) is 2. The molecule has 0 spiro atoms. The van der Waals surface area contributed by atoms with Crippen LogP contribution in [0.1, 0.15) is 18.9 Å². The van der Waals surface area contributed by atoms with Crippen molar-refractivity contribution in [1.82, 2.24) is 15.5 Å². The molecule has 0 saturated carbocycles. The molecule has 1 aromatic heterocycles. The van der Waals surface area contributed by atoms with Crippen molar-refractivity contribution in [3.8, 4) is 0 Å². The van der Waals surface area contributed by atoms with Gasteiger partial charge in [0.2, 0.25) is 0 Å². The lowest BCUT2D eigenvalue weighted by Crippen LogP contribution is -2.14. The fraction of sp³-hybridized carbons (Fsp3) is 0.333. The van der Waals surface area contributed by atoms with Crippen molar-refractivity contribution in [2.75, 3.05) is 6.54 Å². The van der Waals surface area contributed by atoms with Gasteiger partial charge in [-0.05, 0) is 36.7 Å². The Morgan fingerprint density at radius 3 is 3.06 bits per heavy atom. The van der Waals surface area contributed by atoms with E-state index < -0.39 is 0 Å². The molecule has 0 aliphatic heterocycles. The maximum atomic E-state index is 4.07. The van der Waals surface area contributed by atoms with E-state index >= 15 is 0 Å². The third kappa shape index (κ3) is 4.05. The number of nitrogens with one attached hydrogen (secondary N) is 1. The number of halogens is 1. The summed E-state index contributed by atoms with van der Waals surface area (Å²) in [6, 6.07) is 6.35. The van der Waals surface area contributed by atoms with Gasteiger partial charge in [0.25, 0.3) is 0 Å². The van der Waals surface area contributed by atoms with Gasteiger partial charge >= 0.3 is 0 Å². The Kier molecular flexibility index (Phi) is 5.62. The third-order valence-electron chi connectivity index (χ3n) is 2.30. The molecule has 3 nitrogen and oxygen atoms in total. The van der Waals surface area contributed by atoms with Crippen molar-refractivity contribution in [2.45, 2.75) is 29.1 Å². The first-order valence-corrected chi connectivity index (χ1v) is 8.21. The minimum Gasteiger partial charge on any atom is -0.313 e. The number of aromatic nitrogens is 2. The average molecular weight is 344 g/mol. The third-order valence-corrected chi connectivity index (χ3v) is 4.69. The minimum atomic E-state index is 0.883. The molecule has 2 rings (SSSR count). The molecule has 1 heterocycles. The smallest absolute Gasteiger partial charge is 0.178 e. The molecule has 0 atom stereocenters. The highest BCUT2D eigenvalue weighted by atomic mass is 79.9. The van der Waals surface area contributed by atoms with Gasteiger partial charge in [-0.1, -0.05) is 46.0 Å². The highest BCUT2D eigenvalue weighted by Crippen LogP contribution is 2.32. The van der Waals surface area contributed by atoms with Crippen molar-refractivity contribution >= 4 is 39.0 Å². The molecule has 0 aliphatic carbocycles. The summed E-state index contributed by atoms with van der Waals surface area (Å²) in [5.74, 6) is 0. The van der Waals surface area contributed by atoms with Crippen LogP contribution in [-0.4, -0.2) is 16.7 Å². The Bertz CT molecular complexity index is 488. The summed E-state index contributed by atoms with van der Waals surface area (Å²) < 4.78 is 2.09. The summed E-state index contributed by atoms with van der Waals surface area (Å²) >= 11 is 6.76. The van der Waals surface area contributed by atoms with Gasteiger partial charge in [-0.2, -0.15) is 0 Å². The maximum Gasteiger partial charge on any atom is 0.178 e. The summed E-state index contributed by atoms with van der Waals surface area (Å²) in [6.45, 7) is 4.09. The molecular weight excluding hydrogens is 330 g/mol. The molecule has 0 fully saturated rings. The lowest BCUT2D eigenvalue weighted by Gasteiger charge is -2.09. The quantitative estimate of drug-likeness (QED) is 0.805. The Morgan fingerprint density at radius 1 is 1.44 bits per heavy atom. The van der Waals surface area contributed by atoms with Crippen LogP contribution < -0.4 is 5.32 Å². The molecule has 0 unspecified atom stereocenters. The molecule has 0 bridgehead atoms. The van der Waals surface area contributed by atoms with Gasteiger partial charge in [-0.3, -0.25) is 0 Å². The van der Waals surface area contributed by atoms with Crippen molar-refractivity contribution in [2.24, 2.45) is 0 Å². The zero-order valence-electron chi connectivity index (χ0n) is 10.0. The van der Waals surface area contributed by atoms with Crippen LogP contribution in [0.5, 0.6) is 0 Å². The van der Waals surface area contributed by atoms with E-state index in [-0.39, 0.29) is 0 Å². The van der Waals surface area contributed by atoms with Gasteiger partial charge in [-0.15, -0.1) is 10.2 Å². The Labute approximate surface area is 124 Å². The molecular formula is C12H14BrN3S2. The molecule has 2 aromatic rings.